The second-order valence-corrected chi connectivity index (χ2v) is 9.17. The highest BCUT2D eigenvalue weighted by atomic mass is 19.1. The average Bonchev–Trinajstić information content (AvgIpc) is 3.27. The molecule has 10 heteroatoms. The number of ether oxygens (including phenoxy) is 2. The Balaban J connectivity index is 1.38. The van der Waals surface area contributed by atoms with Crippen LogP contribution in [0.1, 0.15) is 33.6 Å². The van der Waals surface area contributed by atoms with Crippen LogP contribution in [0.2, 0.25) is 0 Å². The molecule has 0 radical (unpaired) electrons. The summed E-state index contributed by atoms with van der Waals surface area (Å²) in [5.41, 5.74) is -0.844. The first kappa shape index (κ1) is 24.3. The average molecular weight is 500 g/mol. The lowest BCUT2D eigenvalue weighted by Crippen LogP contribution is -2.60. The molecule has 1 atom stereocenters. The van der Waals surface area contributed by atoms with Crippen LogP contribution in [-0.4, -0.2) is 90.2 Å². The van der Waals surface area contributed by atoms with Crippen molar-refractivity contribution in [2.75, 3.05) is 46.0 Å². The van der Waals surface area contributed by atoms with Crippen LogP contribution in [0.3, 0.4) is 0 Å². The molecule has 3 saturated heterocycles. The summed E-state index contributed by atoms with van der Waals surface area (Å²) in [6, 6.07) is 10.8. The fraction of sp³-hybridized carbons (Fsp3) is 0.423. The van der Waals surface area contributed by atoms with E-state index in [1.54, 1.807) is 34.1 Å². The maximum atomic E-state index is 14.2. The van der Waals surface area contributed by atoms with Crippen LogP contribution >= 0.6 is 0 Å². The summed E-state index contributed by atoms with van der Waals surface area (Å²) in [4.78, 5) is 44.8. The molecule has 3 fully saturated rings. The van der Waals surface area contributed by atoms with Crippen LogP contribution < -0.4 is 0 Å². The minimum absolute atomic E-state index is 0.0509. The van der Waals surface area contributed by atoms with Crippen LogP contribution in [0.15, 0.2) is 48.5 Å². The minimum Gasteiger partial charge on any atom is -0.378 e. The third-order valence-corrected chi connectivity index (χ3v) is 7.10. The Hall–Kier alpha value is -3.37. The molecule has 5 rings (SSSR count). The molecule has 0 saturated carbocycles. The third-order valence-electron chi connectivity index (χ3n) is 7.10. The Morgan fingerprint density at radius 2 is 1.56 bits per heavy atom. The van der Waals surface area contributed by atoms with Crippen LogP contribution in [0.5, 0.6) is 0 Å². The van der Waals surface area contributed by atoms with E-state index in [-0.39, 0.29) is 49.9 Å². The van der Waals surface area contributed by atoms with Gasteiger partial charge in [-0.2, -0.15) is 0 Å². The van der Waals surface area contributed by atoms with E-state index < -0.39 is 29.3 Å². The molecule has 1 spiro atoms. The Bertz CT molecular complexity index is 1150. The molecule has 0 bridgehead atoms. The number of halogens is 2. The van der Waals surface area contributed by atoms with Crippen LogP contribution in [0, 0.1) is 11.6 Å². The zero-order chi connectivity index (χ0) is 25.3. The van der Waals surface area contributed by atoms with Crippen molar-refractivity contribution in [1.82, 2.24) is 14.7 Å². The standard InChI is InChI=1S/C26H27F2N3O5/c27-19-6-7-20(21(28)16-19)24(33)29-10-8-26(9-11-29)31(23(32)18-4-2-1-3-5-18)22(17-36-26)25(34)30-12-14-35-15-13-30/h1-7,16,22H,8-15,17H2. The lowest BCUT2D eigenvalue weighted by Gasteiger charge is -2.45. The SMILES string of the molecule is O=C(c1ccc(F)cc1F)N1CCC2(CC1)OCC(C(=O)N1CCOCC1)N2C(=O)c1ccccc1. The summed E-state index contributed by atoms with van der Waals surface area (Å²) in [6.45, 7) is 2.19. The van der Waals surface area contributed by atoms with E-state index in [2.05, 4.69) is 0 Å². The predicted molar refractivity (Wildman–Crippen MR) is 124 cm³/mol. The molecule has 2 aromatic carbocycles. The summed E-state index contributed by atoms with van der Waals surface area (Å²) >= 11 is 0. The van der Waals surface area contributed by atoms with Gasteiger partial charge in [-0.1, -0.05) is 18.2 Å². The van der Waals surface area contributed by atoms with E-state index in [0.29, 0.717) is 37.9 Å². The van der Waals surface area contributed by atoms with Gasteiger partial charge in [-0.05, 0) is 24.3 Å². The number of hydrogen-bond donors (Lipinski definition) is 0. The molecule has 2 aromatic rings. The van der Waals surface area contributed by atoms with Crippen molar-refractivity contribution in [3.05, 3.63) is 71.3 Å². The molecule has 3 amide bonds. The molecule has 3 aliphatic rings. The Kier molecular flexibility index (Phi) is 6.72. The molecular formula is C26H27F2N3O5. The number of likely N-dealkylation sites (tertiary alicyclic amines) is 1. The van der Waals surface area contributed by atoms with Gasteiger partial charge in [0, 0.05) is 50.7 Å². The summed E-state index contributed by atoms with van der Waals surface area (Å²) in [5.74, 6) is -2.74. The summed E-state index contributed by atoms with van der Waals surface area (Å²) in [6.07, 6.45) is 0.514. The van der Waals surface area contributed by atoms with Gasteiger partial charge in [0.15, 0.2) is 0 Å². The highest BCUT2D eigenvalue weighted by Crippen LogP contribution is 2.39. The van der Waals surface area contributed by atoms with Crippen molar-refractivity contribution in [1.29, 1.82) is 0 Å². The van der Waals surface area contributed by atoms with E-state index in [1.807, 2.05) is 6.07 Å². The molecule has 0 N–H and O–H groups in total. The fourth-order valence-electron chi connectivity index (χ4n) is 5.16. The summed E-state index contributed by atoms with van der Waals surface area (Å²) < 4.78 is 39.1. The maximum Gasteiger partial charge on any atom is 0.256 e. The maximum absolute atomic E-state index is 14.2. The van der Waals surface area contributed by atoms with Gasteiger partial charge in [0.2, 0.25) is 5.91 Å². The zero-order valence-corrected chi connectivity index (χ0v) is 19.7. The number of carbonyl (C=O) groups is 3. The van der Waals surface area contributed by atoms with E-state index in [0.717, 1.165) is 12.1 Å². The summed E-state index contributed by atoms with van der Waals surface area (Å²) in [7, 11) is 0. The Morgan fingerprint density at radius 1 is 0.861 bits per heavy atom. The van der Waals surface area contributed by atoms with Crippen molar-refractivity contribution in [3.63, 3.8) is 0 Å². The molecule has 3 heterocycles. The van der Waals surface area contributed by atoms with Gasteiger partial charge < -0.3 is 19.3 Å². The molecule has 36 heavy (non-hydrogen) atoms. The Labute approximate surface area is 207 Å². The van der Waals surface area contributed by atoms with Crippen molar-refractivity contribution in [2.24, 2.45) is 0 Å². The predicted octanol–water partition coefficient (Wildman–Crippen LogP) is 2.30. The Morgan fingerprint density at radius 3 is 2.22 bits per heavy atom. The second-order valence-electron chi connectivity index (χ2n) is 9.17. The quantitative estimate of drug-likeness (QED) is 0.648. The summed E-state index contributed by atoms with van der Waals surface area (Å²) in [5, 5.41) is 0. The first-order valence-corrected chi connectivity index (χ1v) is 12.0. The van der Waals surface area contributed by atoms with Gasteiger partial charge in [-0.25, -0.2) is 8.78 Å². The van der Waals surface area contributed by atoms with Gasteiger partial charge in [-0.15, -0.1) is 0 Å². The van der Waals surface area contributed by atoms with E-state index in [4.69, 9.17) is 9.47 Å². The van der Waals surface area contributed by atoms with E-state index in [9.17, 15) is 23.2 Å². The number of benzene rings is 2. The minimum atomic E-state index is -1.07. The van der Waals surface area contributed by atoms with Crippen molar-refractivity contribution in [3.8, 4) is 0 Å². The van der Waals surface area contributed by atoms with Gasteiger partial charge in [0.05, 0.1) is 25.4 Å². The van der Waals surface area contributed by atoms with Crippen LogP contribution in [0.25, 0.3) is 0 Å². The zero-order valence-electron chi connectivity index (χ0n) is 19.7. The first-order chi connectivity index (χ1) is 17.4. The normalized spacial score (nSPS) is 21.6. The van der Waals surface area contributed by atoms with Crippen LogP contribution in [-0.2, 0) is 14.3 Å². The smallest absolute Gasteiger partial charge is 0.256 e. The first-order valence-electron chi connectivity index (χ1n) is 12.0. The number of carbonyl (C=O) groups excluding carboxylic acids is 3. The fourth-order valence-corrected chi connectivity index (χ4v) is 5.16. The number of morpholine rings is 1. The number of nitrogens with zero attached hydrogens (tertiary/aromatic N) is 3. The highest BCUT2D eigenvalue weighted by Gasteiger charge is 2.55. The monoisotopic (exact) mass is 499 g/mol. The molecular weight excluding hydrogens is 472 g/mol. The lowest BCUT2D eigenvalue weighted by molar-refractivity contribution is -0.141. The number of hydrogen-bond acceptors (Lipinski definition) is 5. The topological polar surface area (TPSA) is 79.4 Å². The van der Waals surface area contributed by atoms with E-state index >= 15 is 0 Å². The van der Waals surface area contributed by atoms with Gasteiger partial charge in [0.1, 0.15) is 23.4 Å². The number of piperidine rings is 1. The van der Waals surface area contributed by atoms with Crippen molar-refractivity contribution in [2.45, 2.75) is 24.6 Å². The van der Waals surface area contributed by atoms with Gasteiger partial charge in [0.25, 0.3) is 11.8 Å². The van der Waals surface area contributed by atoms with E-state index in [1.165, 1.54) is 4.90 Å². The van der Waals surface area contributed by atoms with Crippen molar-refractivity contribution < 1.29 is 32.6 Å². The molecule has 1 unspecified atom stereocenters. The molecule has 8 nitrogen and oxygen atoms in total. The molecule has 0 aliphatic carbocycles. The third kappa shape index (κ3) is 4.46. The number of rotatable bonds is 3. The van der Waals surface area contributed by atoms with Gasteiger partial charge >= 0.3 is 0 Å². The molecule has 3 aliphatic heterocycles. The number of amides is 3. The van der Waals surface area contributed by atoms with Crippen LogP contribution in [0.4, 0.5) is 8.78 Å². The second kappa shape index (κ2) is 9.94. The molecule has 0 aromatic heterocycles. The largest absolute Gasteiger partial charge is 0.378 e. The molecule has 190 valence electrons. The lowest BCUT2D eigenvalue weighted by atomic mass is 9.96. The highest BCUT2D eigenvalue weighted by molar-refractivity contribution is 5.98. The van der Waals surface area contributed by atoms with Gasteiger partial charge in [-0.3, -0.25) is 19.3 Å². The van der Waals surface area contributed by atoms with Crippen molar-refractivity contribution >= 4 is 17.7 Å².